The van der Waals surface area contributed by atoms with E-state index in [1.54, 1.807) is 6.07 Å². The molecule has 1 heterocycles. The number of fused-ring (bicyclic) bond motifs is 1. The van der Waals surface area contributed by atoms with Crippen molar-refractivity contribution in [3.05, 3.63) is 32.1 Å². The first-order valence-electron chi connectivity index (χ1n) is 4.78. The van der Waals surface area contributed by atoms with Crippen LogP contribution in [0.25, 0.3) is 10.1 Å². The third-order valence-electron chi connectivity index (χ3n) is 2.13. The Morgan fingerprint density at radius 1 is 1.26 bits per heavy atom. The van der Waals surface area contributed by atoms with E-state index in [0.717, 1.165) is 17.6 Å². The average Bonchev–Trinajstić information content (AvgIpc) is 2.53. The van der Waals surface area contributed by atoms with Crippen LogP contribution in [-0.2, 0) is 10.0 Å². The van der Waals surface area contributed by atoms with Crippen molar-refractivity contribution in [1.29, 1.82) is 0 Å². The van der Waals surface area contributed by atoms with E-state index in [4.69, 9.17) is 34.8 Å². The van der Waals surface area contributed by atoms with Gasteiger partial charge in [-0.2, -0.15) is 0 Å². The van der Waals surface area contributed by atoms with Gasteiger partial charge in [0.15, 0.2) is 0 Å². The molecule has 0 bridgehead atoms. The highest BCUT2D eigenvalue weighted by atomic mass is 35.5. The van der Waals surface area contributed by atoms with E-state index in [9.17, 15) is 13.2 Å². The van der Waals surface area contributed by atoms with Gasteiger partial charge < -0.3 is 0 Å². The number of sulfonamides is 1. The van der Waals surface area contributed by atoms with Crippen LogP contribution in [0.4, 0.5) is 0 Å². The molecule has 0 radical (unpaired) electrons. The Morgan fingerprint density at radius 2 is 1.89 bits per heavy atom. The lowest BCUT2D eigenvalue weighted by Gasteiger charge is -2.00. The molecular weight excluding hydrogens is 353 g/mol. The van der Waals surface area contributed by atoms with Crippen LogP contribution in [0, 0.1) is 0 Å². The van der Waals surface area contributed by atoms with E-state index >= 15 is 0 Å². The Morgan fingerprint density at radius 3 is 2.47 bits per heavy atom. The molecule has 4 nitrogen and oxygen atoms in total. The van der Waals surface area contributed by atoms with E-state index < -0.39 is 15.9 Å². The first-order chi connectivity index (χ1) is 8.69. The van der Waals surface area contributed by atoms with Crippen molar-refractivity contribution in [1.82, 2.24) is 4.72 Å². The highest BCUT2D eigenvalue weighted by Gasteiger charge is 2.21. The molecule has 9 heteroatoms. The van der Waals surface area contributed by atoms with Crippen LogP contribution < -0.4 is 4.72 Å². The van der Waals surface area contributed by atoms with Gasteiger partial charge in [0.05, 0.1) is 16.3 Å². The first-order valence-corrected chi connectivity index (χ1v) is 8.62. The van der Waals surface area contributed by atoms with Gasteiger partial charge in [-0.25, -0.2) is 13.1 Å². The summed E-state index contributed by atoms with van der Waals surface area (Å²) >= 11 is 19.0. The number of carbonyl (C=O) groups is 1. The standard InChI is InChI=1S/C10H6Cl3NO3S2/c1-19(16,17)14-10(15)9-8(13)7-5(12)2-4(11)3-6(7)18-9/h2-3H,1H3,(H,14,15). The Labute approximate surface area is 128 Å². The largest absolute Gasteiger partial charge is 0.276 e. The summed E-state index contributed by atoms with van der Waals surface area (Å²) in [6.45, 7) is 0. The molecule has 1 N–H and O–H groups in total. The number of nitrogens with one attached hydrogen (secondary N) is 1. The van der Waals surface area contributed by atoms with E-state index in [0.29, 0.717) is 20.1 Å². The van der Waals surface area contributed by atoms with Crippen LogP contribution in [0.15, 0.2) is 12.1 Å². The SMILES string of the molecule is CS(=O)(=O)NC(=O)c1sc2cc(Cl)cc(Cl)c2c1Cl. The molecule has 0 aliphatic carbocycles. The highest BCUT2D eigenvalue weighted by Crippen LogP contribution is 2.41. The van der Waals surface area contributed by atoms with Gasteiger partial charge in [-0.05, 0) is 12.1 Å². The fourth-order valence-corrected chi connectivity index (χ4v) is 4.25. The maximum Gasteiger partial charge on any atom is 0.276 e. The van der Waals surface area contributed by atoms with Crippen LogP contribution in [0.5, 0.6) is 0 Å². The summed E-state index contributed by atoms with van der Waals surface area (Å²) in [6.07, 6.45) is 0.885. The normalized spacial score (nSPS) is 11.8. The molecule has 0 aliphatic heterocycles. The molecule has 0 saturated carbocycles. The smallest absolute Gasteiger partial charge is 0.267 e. The number of hydrogen-bond acceptors (Lipinski definition) is 4. The minimum Gasteiger partial charge on any atom is -0.267 e. The lowest BCUT2D eigenvalue weighted by Crippen LogP contribution is -2.28. The second-order valence-electron chi connectivity index (χ2n) is 3.71. The number of halogens is 3. The maximum absolute atomic E-state index is 11.8. The molecule has 1 amide bonds. The minimum atomic E-state index is -3.65. The van der Waals surface area contributed by atoms with Gasteiger partial charge in [0.25, 0.3) is 5.91 Å². The highest BCUT2D eigenvalue weighted by molar-refractivity contribution is 7.89. The molecule has 0 fully saturated rings. The molecule has 19 heavy (non-hydrogen) atoms. The third kappa shape index (κ3) is 3.14. The molecular formula is C10H6Cl3NO3S2. The van der Waals surface area contributed by atoms with Crippen LogP contribution in [0.3, 0.4) is 0 Å². The van der Waals surface area contributed by atoms with Crippen molar-refractivity contribution in [3.63, 3.8) is 0 Å². The number of benzene rings is 1. The summed E-state index contributed by atoms with van der Waals surface area (Å²) in [5.74, 6) is -0.791. The molecule has 2 rings (SSSR count). The second kappa shape index (κ2) is 5.10. The minimum absolute atomic E-state index is 0.0752. The molecule has 1 aromatic heterocycles. The quantitative estimate of drug-likeness (QED) is 0.893. The summed E-state index contributed by atoms with van der Waals surface area (Å²) in [4.78, 5) is 11.9. The Balaban J connectivity index is 2.60. The zero-order valence-electron chi connectivity index (χ0n) is 9.33. The molecule has 1 aromatic carbocycles. The fourth-order valence-electron chi connectivity index (χ4n) is 1.47. The molecule has 0 atom stereocenters. The van der Waals surface area contributed by atoms with E-state index in [-0.39, 0.29) is 9.90 Å². The van der Waals surface area contributed by atoms with Crippen LogP contribution in [0.2, 0.25) is 15.1 Å². The van der Waals surface area contributed by atoms with E-state index in [1.165, 1.54) is 6.07 Å². The molecule has 0 saturated heterocycles. The molecule has 0 unspecified atom stereocenters. The summed E-state index contributed by atoms with van der Waals surface area (Å²) in [5.41, 5.74) is 0. The first kappa shape index (κ1) is 14.9. The predicted molar refractivity (Wildman–Crippen MR) is 79.2 cm³/mol. The number of carbonyl (C=O) groups excluding carboxylic acids is 1. The Hall–Kier alpha value is -0.530. The summed E-state index contributed by atoms with van der Waals surface area (Å²) in [6, 6.07) is 3.11. The average molecular weight is 359 g/mol. The Bertz CT molecular complexity index is 783. The van der Waals surface area contributed by atoms with Gasteiger partial charge in [0, 0.05) is 15.1 Å². The molecule has 0 spiro atoms. The topological polar surface area (TPSA) is 63.2 Å². The van der Waals surface area contributed by atoms with E-state index in [2.05, 4.69) is 0 Å². The number of hydrogen-bond donors (Lipinski definition) is 1. The van der Waals surface area contributed by atoms with Gasteiger partial charge in [0.2, 0.25) is 10.0 Å². The van der Waals surface area contributed by atoms with Gasteiger partial charge >= 0.3 is 0 Å². The summed E-state index contributed by atoms with van der Waals surface area (Å²) in [7, 11) is -3.65. The lowest BCUT2D eigenvalue weighted by atomic mass is 10.2. The van der Waals surface area contributed by atoms with Gasteiger partial charge in [-0.1, -0.05) is 34.8 Å². The van der Waals surface area contributed by atoms with Gasteiger partial charge in [-0.15, -0.1) is 11.3 Å². The monoisotopic (exact) mass is 357 g/mol. The van der Waals surface area contributed by atoms with Crippen LogP contribution in [0.1, 0.15) is 9.67 Å². The zero-order chi connectivity index (χ0) is 14.4. The lowest BCUT2D eigenvalue weighted by molar-refractivity contribution is 0.0986. The molecule has 0 aliphatic rings. The van der Waals surface area contributed by atoms with Crippen molar-refractivity contribution in [2.75, 3.05) is 6.26 Å². The summed E-state index contributed by atoms with van der Waals surface area (Å²) < 4.78 is 24.6. The molecule has 102 valence electrons. The van der Waals surface area contributed by atoms with Crippen LogP contribution >= 0.6 is 46.1 Å². The van der Waals surface area contributed by atoms with Crippen molar-refractivity contribution in [2.45, 2.75) is 0 Å². The van der Waals surface area contributed by atoms with Crippen molar-refractivity contribution >= 4 is 72.2 Å². The number of rotatable bonds is 2. The Kier molecular flexibility index (Phi) is 3.99. The van der Waals surface area contributed by atoms with E-state index in [1.807, 2.05) is 4.72 Å². The van der Waals surface area contributed by atoms with Crippen molar-refractivity contribution < 1.29 is 13.2 Å². The zero-order valence-corrected chi connectivity index (χ0v) is 13.2. The number of amides is 1. The molecule has 2 aromatic rings. The maximum atomic E-state index is 11.8. The summed E-state index contributed by atoms with van der Waals surface area (Å²) in [5, 5.41) is 1.31. The van der Waals surface area contributed by atoms with Crippen molar-refractivity contribution in [3.8, 4) is 0 Å². The van der Waals surface area contributed by atoms with Crippen LogP contribution in [-0.4, -0.2) is 20.6 Å². The predicted octanol–water partition coefficient (Wildman–Crippen LogP) is 3.55. The van der Waals surface area contributed by atoms with Crippen molar-refractivity contribution in [2.24, 2.45) is 0 Å². The van der Waals surface area contributed by atoms with Gasteiger partial charge in [0.1, 0.15) is 4.88 Å². The number of thiophene rings is 1. The fraction of sp³-hybridized carbons (Fsp3) is 0.100. The second-order valence-corrected chi connectivity index (χ2v) is 7.73. The third-order valence-corrected chi connectivity index (χ3v) is 4.83. The van der Waals surface area contributed by atoms with Gasteiger partial charge in [-0.3, -0.25) is 4.79 Å².